The SMILES string of the molecule is O=S(=O)(O)COc1cc(Cl)c(Cl)cc1Cl. The lowest BCUT2D eigenvalue weighted by molar-refractivity contribution is 0.353. The Bertz CT molecular complexity index is 471. The van der Waals surface area contributed by atoms with Crippen molar-refractivity contribution in [2.45, 2.75) is 0 Å². The highest BCUT2D eigenvalue weighted by Crippen LogP contribution is 2.33. The summed E-state index contributed by atoms with van der Waals surface area (Å²) in [5, 5.41) is 0.500. The van der Waals surface area contributed by atoms with Crippen LogP contribution in [0.2, 0.25) is 15.1 Å². The van der Waals surface area contributed by atoms with Gasteiger partial charge in [0.25, 0.3) is 0 Å². The third-order valence-corrected chi connectivity index (χ3v) is 2.77. The van der Waals surface area contributed by atoms with Gasteiger partial charge in [-0.1, -0.05) is 34.8 Å². The minimum atomic E-state index is -4.22. The van der Waals surface area contributed by atoms with Crippen LogP contribution in [0.15, 0.2) is 12.1 Å². The summed E-state index contributed by atoms with van der Waals surface area (Å²) in [5.74, 6) is -0.867. The highest BCUT2D eigenvalue weighted by Gasteiger charge is 2.10. The quantitative estimate of drug-likeness (QED) is 0.687. The minimum Gasteiger partial charge on any atom is -0.474 e. The van der Waals surface area contributed by atoms with Gasteiger partial charge in [0.1, 0.15) is 5.75 Å². The van der Waals surface area contributed by atoms with Gasteiger partial charge in [-0.25, -0.2) is 0 Å². The van der Waals surface area contributed by atoms with Crippen LogP contribution in [0, 0.1) is 0 Å². The first kappa shape index (κ1) is 12.9. The predicted octanol–water partition coefficient (Wildman–Crippen LogP) is 2.87. The zero-order valence-electron chi connectivity index (χ0n) is 7.08. The standard InChI is InChI=1S/C7H5Cl3O4S/c8-4-1-6(10)7(2-5(4)9)14-3-15(11,12)13/h1-2H,3H2,(H,11,12,13). The summed E-state index contributed by atoms with van der Waals surface area (Å²) in [5.41, 5.74) is 0. The molecule has 0 aromatic heterocycles. The largest absolute Gasteiger partial charge is 0.474 e. The van der Waals surface area contributed by atoms with Gasteiger partial charge in [-0.3, -0.25) is 4.55 Å². The first-order valence-electron chi connectivity index (χ1n) is 3.52. The van der Waals surface area contributed by atoms with E-state index in [0.717, 1.165) is 0 Å². The number of benzene rings is 1. The Balaban J connectivity index is 2.91. The second-order valence-corrected chi connectivity index (χ2v) is 5.16. The molecule has 0 aliphatic rings. The third-order valence-electron chi connectivity index (χ3n) is 1.34. The van der Waals surface area contributed by atoms with Crippen LogP contribution < -0.4 is 4.74 Å². The van der Waals surface area contributed by atoms with Gasteiger partial charge in [0, 0.05) is 6.07 Å². The van der Waals surface area contributed by atoms with Crippen LogP contribution in [0.4, 0.5) is 0 Å². The van der Waals surface area contributed by atoms with Crippen LogP contribution in [0.25, 0.3) is 0 Å². The van der Waals surface area contributed by atoms with Gasteiger partial charge < -0.3 is 4.74 Å². The van der Waals surface area contributed by atoms with E-state index in [0.29, 0.717) is 0 Å². The van der Waals surface area contributed by atoms with E-state index in [4.69, 9.17) is 44.1 Å². The zero-order valence-corrected chi connectivity index (χ0v) is 10.2. The van der Waals surface area contributed by atoms with Crippen molar-refractivity contribution in [1.82, 2.24) is 0 Å². The summed E-state index contributed by atoms with van der Waals surface area (Å²) in [6.45, 7) is 0. The molecule has 0 unspecified atom stereocenters. The Hall–Kier alpha value is -0.200. The van der Waals surface area contributed by atoms with E-state index < -0.39 is 16.1 Å². The fourth-order valence-electron chi connectivity index (χ4n) is 0.753. The second-order valence-electron chi connectivity index (χ2n) is 2.54. The topological polar surface area (TPSA) is 63.6 Å². The lowest BCUT2D eigenvalue weighted by Crippen LogP contribution is -2.10. The molecule has 0 radical (unpaired) electrons. The molecule has 1 rings (SSSR count). The molecule has 1 N–H and O–H groups in total. The molecule has 0 amide bonds. The maximum Gasteiger partial charge on any atom is 0.300 e. The Kier molecular flexibility index (Phi) is 4.08. The molecule has 4 nitrogen and oxygen atoms in total. The molecule has 0 saturated heterocycles. The minimum absolute atomic E-state index is 0.0312. The van der Waals surface area contributed by atoms with Crippen LogP contribution in [0.3, 0.4) is 0 Å². The molecular weight excluding hydrogens is 286 g/mol. The molecule has 0 heterocycles. The maximum absolute atomic E-state index is 10.4. The monoisotopic (exact) mass is 290 g/mol. The van der Waals surface area contributed by atoms with E-state index in [1.807, 2.05) is 0 Å². The Morgan fingerprint density at radius 1 is 1.13 bits per heavy atom. The lowest BCUT2D eigenvalue weighted by Gasteiger charge is -2.07. The molecule has 8 heteroatoms. The van der Waals surface area contributed by atoms with Crippen LogP contribution in [0.1, 0.15) is 0 Å². The van der Waals surface area contributed by atoms with E-state index in [9.17, 15) is 8.42 Å². The van der Waals surface area contributed by atoms with Gasteiger partial charge in [0.2, 0.25) is 5.94 Å². The van der Waals surface area contributed by atoms with Gasteiger partial charge >= 0.3 is 10.1 Å². The van der Waals surface area contributed by atoms with Crippen molar-refractivity contribution in [3.05, 3.63) is 27.2 Å². The van der Waals surface area contributed by atoms with Gasteiger partial charge in [-0.2, -0.15) is 8.42 Å². The van der Waals surface area contributed by atoms with Crippen molar-refractivity contribution in [3.63, 3.8) is 0 Å². The summed E-state index contributed by atoms with van der Waals surface area (Å²) in [6.07, 6.45) is 0. The summed E-state index contributed by atoms with van der Waals surface area (Å²) in [6, 6.07) is 2.57. The Morgan fingerprint density at radius 3 is 2.20 bits per heavy atom. The second kappa shape index (κ2) is 4.76. The highest BCUT2D eigenvalue weighted by atomic mass is 35.5. The van der Waals surface area contributed by atoms with Crippen molar-refractivity contribution in [2.24, 2.45) is 0 Å². The van der Waals surface area contributed by atoms with Crippen molar-refractivity contribution >= 4 is 44.9 Å². The van der Waals surface area contributed by atoms with E-state index >= 15 is 0 Å². The number of ether oxygens (including phenoxy) is 1. The van der Waals surface area contributed by atoms with Crippen molar-refractivity contribution < 1.29 is 17.7 Å². The number of hydrogen-bond donors (Lipinski definition) is 1. The summed E-state index contributed by atoms with van der Waals surface area (Å²) in [4.78, 5) is 0. The Morgan fingerprint density at radius 2 is 1.67 bits per heavy atom. The van der Waals surface area contributed by atoms with Gasteiger partial charge in [0.05, 0.1) is 15.1 Å². The lowest BCUT2D eigenvalue weighted by atomic mass is 10.3. The predicted molar refractivity (Wildman–Crippen MR) is 58.5 cm³/mol. The van der Waals surface area contributed by atoms with Gasteiger partial charge in [0.15, 0.2) is 0 Å². The van der Waals surface area contributed by atoms with Gasteiger partial charge in [-0.15, -0.1) is 0 Å². The molecular formula is C7H5Cl3O4S. The van der Waals surface area contributed by atoms with E-state index in [2.05, 4.69) is 0 Å². The number of halogens is 3. The molecule has 0 saturated carbocycles. The molecule has 84 valence electrons. The van der Waals surface area contributed by atoms with Gasteiger partial charge in [-0.05, 0) is 6.07 Å². The zero-order chi connectivity index (χ0) is 11.6. The molecule has 1 aromatic carbocycles. The van der Waals surface area contributed by atoms with E-state index in [1.165, 1.54) is 12.1 Å². The molecule has 0 bridgehead atoms. The molecule has 1 aromatic rings. The fourth-order valence-corrected chi connectivity index (χ4v) is 1.62. The van der Waals surface area contributed by atoms with E-state index in [1.54, 1.807) is 0 Å². The summed E-state index contributed by atoms with van der Waals surface area (Å²) >= 11 is 17.0. The number of hydrogen-bond acceptors (Lipinski definition) is 3. The van der Waals surface area contributed by atoms with Crippen molar-refractivity contribution in [3.8, 4) is 5.75 Å². The molecule has 15 heavy (non-hydrogen) atoms. The average molecular weight is 292 g/mol. The van der Waals surface area contributed by atoms with Crippen LogP contribution in [0.5, 0.6) is 5.75 Å². The first-order chi connectivity index (χ1) is 6.79. The first-order valence-corrected chi connectivity index (χ1v) is 6.26. The maximum atomic E-state index is 10.4. The number of rotatable bonds is 3. The summed E-state index contributed by atoms with van der Waals surface area (Å²) in [7, 11) is -4.22. The van der Waals surface area contributed by atoms with Crippen LogP contribution in [-0.4, -0.2) is 18.9 Å². The van der Waals surface area contributed by atoms with Crippen LogP contribution in [-0.2, 0) is 10.1 Å². The molecule has 0 spiro atoms. The van der Waals surface area contributed by atoms with E-state index in [-0.39, 0.29) is 20.8 Å². The summed E-state index contributed by atoms with van der Waals surface area (Å²) < 4.78 is 34.0. The fraction of sp³-hybridized carbons (Fsp3) is 0.143. The smallest absolute Gasteiger partial charge is 0.300 e. The molecule has 0 aliphatic carbocycles. The third kappa shape index (κ3) is 4.04. The highest BCUT2D eigenvalue weighted by molar-refractivity contribution is 7.85. The van der Waals surface area contributed by atoms with Crippen LogP contribution >= 0.6 is 34.8 Å². The normalized spacial score (nSPS) is 11.5. The van der Waals surface area contributed by atoms with Crippen molar-refractivity contribution in [2.75, 3.05) is 5.94 Å². The average Bonchev–Trinajstić information content (AvgIpc) is 2.07. The molecule has 0 fully saturated rings. The van der Waals surface area contributed by atoms with Crippen molar-refractivity contribution in [1.29, 1.82) is 0 Å². The Labute approximate surface area is 101 Å². The molecule has 0 atom stereocenters. The molecule has 0 aliphatic heterocycles.